The molecule has 0 saturated heterocycles. The fourth-order valence-electron chi connectivity index (χ4n) is 1.76. The molecular weight excluding hydrogens is 312 g/mol. The minimum atomic E-state index is -0.618. The Morgan fingerprint density at radius 1 is 1.37 bits per heavy atom. The molecule has 0 aliphatic carbocycles. The lowest BCUT2D eigenvalue weighted by molar-refractivity contribution is 0.0541. The normalized spacial score (nSPS) is 11.8. The van der Waals surface area contributed by atoms with Gasteiger partial charge < -0.3 is 9.30 Å². The molecule has 0 unspecified atom stereocenters. The molecule has 102 valence electrons. The van der Waals surface area contributed by atoms with Crippen molar-refractivity contribution >= 4 is 32.9 Å². The first-order valence-corrected chi connectivity index (χ1v) is 6.60. The number of halogens is 1. The maximum Gasteiger partial charge on any atom is 0.420 e. The number of aryl methyl sites for hydroxylation is 1. The molecule has 19 heavy (non-hydrogen) atoms. The van der Waals surface area contributed by atoms with E-state index in [9.17, 15) is 9.59 Å². The monoisotopic (exact) mass is 326 g/mol. The summed E-state index contributed by atoms with van der Waals surface area (Å²) in [5, 5.41) is 0.695. The molecule has 0 radical (unpaired) electrons. The van der Waals surface area contributed by atoms with Crippen molar-refractivity contribution < 1.29 is 9.53 Å². The minimum absolute atomic E-state index is 0.242. The van der Waals surface area contributed by atoms with Gasteiger partial charge in [0.2, 0.25) is 0 Å². The number of aromatic nitrogens is 2. The van der Waals surface area contributed by atoms with E-state index in [-0.39, 0.29) is 5.56 Å². The molecule has 2 rings (SSSR count). The molecule has 2 heterocycles. The van der Waals surface area contributed by atoms with Crippen LogP contribution < -0.4 is 5.56 Å². The highest BCUT2D eigenvalue weighted by Gasteiger charge is 2.22. The number of carbonyl (C=O) groups is 1. The van der Waals surface area contributed by atoms with Crippen LogP contribution in [0, 0.1) is 0 Å². The average Bonchev–Trinajstić information content (AvgIpc) is 2.58. The molecule has 0 fully saturated rings. The second kappa shape index (κ2) is 4.52. The van der Waals surface area contributed by atoms with Crippen LogP contribution in [0.2, 0.25) is 0 Å². The maximum absolute atomic E-state index is 12.2. The standard InChI is InChI=1S/C13H15BrN2O3/c1-13(2,3)19-12(18)16-9(14)7-8-5-6-15(4)11(17)10(8)16/h5-7H,1-4H3. The third kappa shape index (κ3) is 2.58. The van der Waals surface area contributed by atoms with Gasteiger partial charge in [0.05, 0.1) is 4.60 Å². The third-order valence-electron chi connectivity index (χ3n) is 2.56. The molecule has 0 aliphatic rings. The van der Waals surface area contributed by atoms with Gasteiger partial charge in [0.15, 0.2) is 0 Å². The lowest BCUT2D eigenvalue weighted by Crippen LogP contribution is -2.29. The number of hydrogen-bond donors (Lipinski definition) is 0. The van der Waals surface area contributed by atoms with Crippen molar-refractivity contribution in [2.24, 2.45) is 7.05 Å². The number of hydrogen-bond acceptors (Lipinski definition) is 3. The summed E-state index contributed by atoms with van der Waals surface area (Å²) in [4.78, 5) is 24.3. The van der Waals surface area contributed by atoms with E-state index in [4.69, 9.17) is 4.74 Å². The summed E-state index contributed by atoms with van der Waals surface area (Å²) in [6.07, 6.45) is 1.09. The number of fused-ring (bicyclic) bond motifs is 1. The first-order chi connectivity index (χ1) is 8.70. The molecular formula is C13H15BrN2O3. The second-order valence-corrected chi connectivity index (χ2v) is 6.13. The molecule has 0 amide bonds. The maximum atomic E-state index is 12.2. The Morgan fingerprint density at radius 2 is 2.00 bits per heavy atom. The van der Waals surface area contributed by atoms with Gasteiger partial charge in [-0.2, -0.15) is 0 Å². The van der Waals surface area contributed by atoms with Crippen LogP contribution in [-0.2, 0) is 11.8 Å². The van der Waals surface area contributed by atoms with Gasteiger partial charge in [-0.3, -0.25) is 4.79 Å². The van der Waals surface area contributed by atoms with Crippen LogP contribution >= 0.6 is 15.9 Å². The number of carbonyl (C=O) groups excluding carboxylic acids is 1. The second-order valence-electron chi connectivity index (χ2n) is 5.32. The van der Waals surface area contributed by atoms with Crippen molar-refractivity contribution in [3.63, 3.8) is 0 Å². The minimum Gasteiger partial charge on any atom is -0.443 e. The van der Waals surface area contributed by atoms with Crippen LogP contribution in [0.4, 0.5) is 4.79 Å². The highest BCUT2D eigenvalue weighted by Crippen LogP contribution is 2.23. The molecule has 0 aromatic carbocycles. The molecule has 6 heteroatoms. The van der Waals surface area contributed by atoms with Gasteiger partial charge in [-0.15, -0.1) is 0 Å². The largest absolute Gasteiger partial charge is 0.443 e. The zero-order valence-corrected chi connectivity index (χ0v) is 12.8. The molecule has 0 aliphatic heterocycles. The van der Waals surface area contributed by atoms with Crippen molar-refractivity contribution in [3.05, 3.63) is 33.3 Å². The fraction of sp³-hybridized carbons (Fsp3) is 0.385. The Morgan fingerprint density at radius 3 is 2.58 bits per heavy atom. The van der Waals surface area contributed by atoms with Crippen LogP contribution in [0.25, 0.3) is 10.9 Å². The number of nitrogens with zero attached hydrogens (tertiary/aromatic N) is 2. The molecule has 2 aromatic rings. The summed E-state index contributed by atoms with van der Waals surface area (Å²) in [5.41, 5.74) is -0.548. The Bertz CT molecular complexity index is 707. The van der Waals surface area contributed by atoms with E-state index in [0.29, 0.717) is 15.5 Å². The van der Waals surface area contributed by atoms with Crippen molar-refractivity contribution in [2.45, 2.75) is 26.4 Å². The topological polar surface area (TPSA) is 53.2 Å². The quantitative estimate of drug-likeness (QED) is 0.748. The lowest BCUT2D eigenvalue weighted by atomic mass is 10.2. The van der Waals surface area contributed by atoms with E-state index >= 15 is 0 Å². The van der Waals surface area contributed by atoms with Crippen LogP contribution in [0.15, 0.2) is 27.7 Å². The molecule has 0 bridgehead atoms. The Labute approximate surface area is 118 Å². The number of ether oxygens (including phenoxy) is 1. The first kappa shape index (κ1) is 13.9. The van der Waals surface area contributed by atoms with Gasteiger partial charge in [-0.1, -0.05) is 0 Å². The first-order valence-electron chi connectivity index (χ1n) is 5.80. The third-order valence-corrected chi connectivity index (χ3v) is 3.15. The van der Waals surface area contributed by atoms with Gasteiger partial charge in [0, 0.05) is 18.6 Å². The van der Waals surface area contributed by atoms with E-state index < -0.39 is 11.7 Å². The van der Waals surface area contributed by atoms with E-state index in [1.165, 1.54) is 9.13 Å². The van der Waals surface area contributed by atoms with Crippen molar-refractivity contribution in [1.82, 2.24) is 9.13 Å². The van der Waals surface area contributed by atoms with Crippen LogP contribution in [-0.4, -0.2) is 20.8 Å². The van der Waals surface area contributed by atoms with Crippen molar-refractivity contribution in [2.75, 3.05) is 0 Å². The Balaban J connectivity index is 2.67. The lowest BCUT2D eigenvalue weighted by Gasteiger charge is -2.20. The zero-order chi connectivity index (χ0) is 14.4. The summed E-state index contributed by atoms with van der Waals surface area (Å²) >= 11 is 3.29. The van der Waals surface area contributed by atoms with Gasteiger partial charge in [-0.05, 0) is 48.8 Å². The summed E-state index contributed by atoms with van der Waals surface area (Å²) in [6.45, 7) is 5.34. The van der Waals surface area contributed by atoms with E-state index in [1.807, 2.05) is 0 Å². The molecule has 0 N–H and O–H groups in total. The summed E-state index contributed by atoms with van der Waals surface area (Å²) < 4.78 is 8.49. The van der Waals surface area contributed by atoms with Crippen molar-refractivity contribution in [1.29, 1.82) is 0 Å². The Hall–Kier alpha value is -1.56. The van der Waals surface area contributed by atoms with Crippen molar-refractivity contribution in [3.8, 4) is 0 Å². The summed E-state index contributed by atoms with van der Waals surface area (Å²) in [5.74, 6) is 0. The van der Waals surface area contributed by atoms with Crippen LogP contribution in [0.3, 0.4) is 0 Å². The predicted molar refractivity (Wildman–Crippen MR) is 76.5 cm³/mol. The number of rotatable bonds is 0. The van der Waals surface area contributed by atoms with Gasteiger partial charge >= 0.3 is 6.09 Å². The smallest absolute Gasteiger partial charge is 0.420 e. The predicted octanol–water partition coefficient (Wildman–Crippen LogP) is 2.89. The van der Waals surface area contributed by atoms with E-state index in [0.717, 1.165) is 0 Å². The summed E-state index contributed by atoms with van der Waals surface area (Å²) in [6, 6.07) is 3.50. The molecule has 0 atom stereocenters. The van der Waals surface area contributed by atoms with Crippen LogP contribution in [0.1, 0.15) is 20.8 Å². The van der Waals surface area contributed by atoms with E-state index in [2.05, 4.69) is 15.9 Å². The molecule has 5 nitrogen and oxygen atoms in total. The Kier molecular flexibility index (Phi) is 3.30. The van der Waals surface area contributed by atoms with Gasteiger partial charge in [0.1, 0.15) is 11.1 Å². The molecule has 2 aromatic heterocycles. The average molecular weight is 327 g/mol. The van der Waals surface area contributed by atoms with Crippen LogP contribution in [0.5, 0.6) is 0 Å². The highest BCUT2D eigenvalue weighted by atomic mass is 79.9. The molecule has 0 saturated carbocycles. The van der Waals surface area contributed by atoms with Gasteiger partial charge in [-0.25, -0.2) is 9.36 Å². The highest BCUT2D eigenvalue weighted by molar-refractivity contribution is 9.10. The summed E-state index contributed by atoms with van der Waals surface area (Å²) in [7, 11) is 1.64. The SMILES string of the molecule is Cn1ccc2cc(Br)n(C(=O)OC(C)(C)C)c2c1=O. The van der Waals surface area contributed by atoms with Gasteiger partial charge in [0.25, 0.3) is 5.56 Å². The fourth-order valence-corrected chi connectivity index (χ4v) is 2.32. The van der Waals surface area contributed by atoms with E-state index in [1.54, 1.807) is 46.1 Å². The number of pyridine rings is 1. The zero-order valence-electron chi connectivity index (χ0n) is 11.2. The molecule has 0 spiro atoms.